The fraction of sp³-hybridized carbons (Fsp3) is 0.812. The van der Waals surface area contributed by atoms with Crippen LogP contribution in [0.3, 0.4) is 0 Å². The molecule has 0 aromatic carbocycles. The Balaban J connectivity index is 2.03. The van der Waals surface area contributed by atoms with Crippen molar-refractivity contribution in [2.45, 2.75) is 71.1 Å². The van der Waals surface area contributed by atoms with Crippen molar-refractivity contribution in [2.75, 3.05) is 7.11 Å². The van der Waals surface area contributed by atoms with Crippen molar-refractivity contribution in [3.8, 4) is 0 Å². The van der Waals surface area contributed by atoms with Gasteiger partial charge in [-0.15, -0.1) is 0 Å². The fourth-order valence-corrected chi connectivity index (χ4v) is 3.20. The predicted molar refractivity (Wildman–Crippen MR) is 81.6 cm³/mol. The maximum atomic E-state index is 6.50. The van der Waals surface area contributed by atoms with E-state index in [9.17, 15) is 0 Å². The quantitative estimate of drug-likeness (QED) is 0.901. The van der Waals surface area contributed by atoms with Crippen LogP contribution in [0.15, 0.2) is 12.4 Å². The minimum absolute atomic E-state index is 0.0399. The van der Waals surface area contributed by atoms with E-state index < -0.39 is 0 Å². The lowest BCUT2D eigenvalue weighted by molar-refractivity contribution is -0.0781. The molecule has 0 spiro atoms. The molecule has 0 aliphatic heterocycles. The van der Waals surface area contributed by atoms with Crippen molar-refractivity contribution in [3.63, 3.8) is 0 Å². The summed E-state index contributed by atoms with van der Waals surface area (Å²) in [4.78, 5) is 0. The Bertz CT molecular complexity index is 429. The van der Waals surface area contributed by atoms with Gasteiger partial charge in [-0.1, -0.05) is 13.8 Å². The Morgan fingerprint density at radius 1 is 1.35 bits per heavy atom. The van der Waals surface area contributed by atoms with Gasteiger partial charge in [-0.3, -0.25) is 4.68 Å². The van der Waals surface area contributed by atoms with Gasteiger partial charge in [-0.25, -0.2) is 0 Å². The highest BCUT2D eigenvalue weighted by molar-refractivity contribution is 5.10. The zero-order chi connectivity index (χ0) is 14.8. The van der Waals surface area contributed by atoms with Crippen molar-refractivity contribution >= 4 is 0 Å². The molecule has 4 nitrogen and oxygen atoms in total. The number of ether oxygens (including phenoxy) is 1. The lowest BCUT2D eigenvalue weighted by Crippen LogP contribution is -2.53. The number of hydrogen-bond acceptors (Lipinski definition) is 3. The van der Waals surface area contributed by atoms with Crippen molar-refractivity contribution in [2.24, 2.45) is 11.1 Å². The third kappa shape index (κ3) is 3.23. The van der Waals surface area contributed by atoms with E-state index in [1.165, 1.54) is 18.4 Å². The Labute approximate surface area is 122 Å². The lowest BCUT2D eigenvalue weighted by Gasteiger charge is -2.45. The molecule has 1 aromatic heterocycles. The Hall–Kier alpha value is -0.870. The van der Waals surface area contributed by atoms with Crippen molar-refractivity contribution in [1.82, 2.24) is 9.78 Å². The van der Waals surface area contributed by atoms with Gasteiger partial charge >= 0.3 is 0 Å². The first-order chi connectivity index (χ1) is 9.41. The van der Waals surface area contributed by atoms with Gasteiger partial charge in [0.2, 0.25) is 0 Å². The highest BCUT2D eigenvalue weighted by Crippen LogP contribution is 2.43. The number of nitrogens with zero attached hydrogens (tertiary/aromatic N) is 2. The van der Waals surface area contributed by atoms with Crippen LogP contribution in [0.4, 0.5) is 0 Å². The molecule has 1 heterocycles. The summed E-state index contributed by atoms with van der Waals surface area (Å²) in [6, 6.07) is 0.0399. The van der Waals surface area contributed by atoms with Crippen LogP contribution in [0.5, 0.6) is 0 Å². The molecule has 2 rings (SSSR count). The first-order valence-electron chi connectivity index (χ1n) is 7.73. The normalized spacial score (nSPS) is 22.6. The standard InChI is InChI=1S/C16H29N3O/c1-5-19-12-13(11-18-19)10-14(17)16(20-4)8-6-15(2,3)7-9-16/h11-12,14H,5-10,17H2,1-4H3. The Morgan fingerprint density at radius 2 is 2.00 bits per heavy atom. The van der Waals surface area contributed by atoms with E-state index in [1.54, 1.807) is 0 Å². The molecule has 0 saturated heterocycles. The minimum atomic E-state index is -0.163. The van der Waals surface area contributed by atoms with Gasteiger partial charge in [0, 0.05) is 25.9 Å². The highest BCUT2D eigenvalue weighted by Gasteiger charge is 2.42. The molecule has 1 saturated carbocycles. The lowest BCUT2D eigenvalue weighted by atomic mass is 9.68. The summed E-state index contributed by atoms with van der Waals surface area (Å²) in [5.41, 5.74) is 7.97. The number of methoxy groups -OCH3 is 1. The average molecular weight is 279 g/mol. The zero-order valence-electron chi connectivity index (χ0n) is 13.4. The van der Waals surface area contributed by atoms with Crippen LogP contribution in [0, 0.1) is 5.41 Å². The fourth-order valence-electron chi connectivity index (χ4n) is 3.20. The van der Waals surface area contributed by atoms with E-state index in [4.69, 9.17) is 10.5 Å². The van der Waals surface area contributed by atoms with Crippen molar-refractivity contribution in [3.05, 3.63) is 18.0 Å². The third-order valence-electron chi connectivity index (χ3n) is 5.00. The van der Waals surface area contributed by atoms with Crippen molar-refractivity contribution in [1.29, 1.82) is 0 Å². The highest BCUT2D eigenvalue weighted by atomic mass is 16.5. The van der Waals surface area contributed by atoms with Gasteiger partial charge in [0.1, 0.15) is 0 Å². The first-order valence-corrected chi connectivity index (χ1v) is 7.73. The van der Waals surface area contributed by atoms with Crippen LogP contribution >= 0.6 is 0 Å². The third-order valence-corrected chi connectivity index (χ3v) is 5.00. The molecule has 1 aromatic rings. The summed E-state index contributed by atoms with van der Waals surface area (Å²) in [6.45, 7) is 7.67. The van der Waals surface area contributed by atoms with E-state index in [-0.39, 0.29) is 11.6 Å². The molecule has 1 aliphatic rings. The second-order valence-electron chi connectivity index (χ2n) is 6.95. The molecule has 0 bridgehead atoms. The van der Waals surface area contributed by atoms with Crippen LogP contribution in [0.25, 0.3) is 0 Å². The summed E-state index contributed by atoms with van der Waals surface area (Å²) >= 11 is 0. The number of hydrogen-bond donors (Lipinski definition) is 1. The van der Waals surface area contributed by atoms with Gasteiger partial charge in [-0.05, 0) is 50.0 Å². The molecular weight excluding hydrogens is 250 g/mol. The summed E-state index contributed by atoms with van der Waals surface area (Å²) < 4.78 is 7.84. The second kappa shape index (κ2) is 5.86. The average Bonchev–Trinajstić information content (AvgIpc) is 2.87. The maximum absolute atomic E-state index is 6.50. The molecule has 20 heavy (non-hydrogen) atoms. The summed E-state index contributed by atoms with van der Waals surface area (Å²) in [6.07, 6.45) is 9.34. The molecule has 1 atom stereocenters. The molecule has 114 valence electrons. The molecule has 0 amide bonds. The molecule has 1 aliphatic carbocycles. The SMILES string of the molecule is CCn1cc(CC(N)C2(OC)CCC(C)(C)CC2)cn1. The molecule has 2 N–H and O–H groups in total. The Morgan fingerprint density at radius 3 is 2.50 bits per heavy atom. The monoisotopic (exact) mass is 279 g/mol. The van der Waals surface area contributed by atoms with Crippen LogP contribution in [0.2, 0.25) is 0 Å². The smallest absolute Gasteiger partial charge is 0.0832 e. The molecule has 1 unspecified atom stereocenters. The van der Waals surface area contributed by atoms with Crippen LogP contribution in [-0.4, -0.2) is 28.5 Å². The van der Waals surface area contributed by atoms with E-state index in [1.807, 2.05) is 18.0 Å². The van der Waals surface area contributed by atoms with Crippen LogP contribution < -0.4 is 5.73 Å². The topological polar surface area (TPSA) is 53.1 Å². The van der Waals surface area contributed by atoms with E-state index in [0.29, 0.717) is 5.41 Å². The van der Waals surface area contributed by atoms with E-state index in [0.717, 1.165) is 25.8 Å². The number of rotatable bonds is 5. The first kappa shape index (κ1) is 15.5. The predicted octanol–water partition coefficient (Wildman–Crippen LogP) is 2.76. The summed E-state index contributed by atoms with van der Waals surface area (Å²) in [5.74, 6) is 0. The van der Waals surface area contributed by atoms with Gasteiger partial charge in [-0.2, -0.15) is 5.10 Å². The minimum Gasteiger partial charge on any atom is -0.377 e. The van der Waals surface area contributed by atoms with Gasteiger partial charge in [0.05, 0.1) is 11.8 Å². The number of aryl methyl sites for hydroxylation is 1. The summed E-state index contributed by atoms with van der Waals surface area (Å²) in [5, 5.41) is 4.32. The molecular formula is C16H29N3O. The van der Waals surface area contributed by atoms with Crippen molar-refractivity contribution < 1.29 is 4.74 Å². The van der Waals surface area contributed by atoms with Crippen LogP contribution in [0.1, 0.15) is 52.0 Å². The van der Waals surface area contributed by atoms with Crippen LogP contribution in [-0.2, 0) is 17.7 Å². The number of nitrogens with two attached hydrogens (primary N) is 1. The number of aromatic nitrogens is 2. The van der Waals surface area contributed by atoms with Gasteiger partial charge in [0.25, 0.3) is 0 Å². The van der Waals surface area contributed by atoms with E-state index >= 15 is 0 Å². The summed E-state index contributed by atoms with van der Waals surface area (Å²) in [7, 11) is 1.81. The van der Waals surface area contributed by atoms with E-state index in [2.05, 4.69) is 32.1 Å². The molecule has 4 heteroatoms. The van der Waals surface area contributed by atoms with Gasteiger partial charge < -0.3 is 10.5 Å². The maximum Gasteiger partial charge on any atom is 0.0832 e. The Kier molecular flexibility index (Phi) is 4.55. The molecule has 1 fully saturated rings. The molecule has 0 radical (unpaired) electrons. The largest absolute Gasteiger partial charge is 0.377 e. The van der Waals surface area contributed by atoms with Gasteiger partial charge in [0.15, 0.2) is 0 Å². The zero-order valence-corrected chi connectivity index (χ0v) is 13.4. The second-order valence-corrected chi connectivity index (χ2v) is 6.95.